The van der Waals surface area contributed by atoms with E-state index in [4.69, 9.17) is 0 Å². The third kappa shape index (κ3) is 6.16. The minimum Gasteiger partial charge on any atom is -0.508 e. The zero-order valence-electron chi connectivity index (χ0n) is 19.9. The molecule has 0 unspecified atom stereocenters. The van der Waals surface area contributed by atoms with Gasteiger partial charge in [0.15, 0.2) is 0 Å². The van der Waals surface area contributed by atoms with E-state index in [0.29, 0.717) is 18.5 Å². The number of phenols is 2. The molecular formula is C27H31FN4O4. The van der Waals surface area contributed by atoms with E-state index in [1.54, 1.807) is 48.8 Å². The number of aromatic hydroxyl groups is 2. The first-order valence-electron chi connectivity index (χ1n) is 12.2. The molecule has 36 heavy (non-hydrogen) atoms. The maximum Gasteiger partial charge on any atom is 0.242 e. The highest BCUT2D eigenvalue weighted by molar-refractivity contribution is 5.93. The lowest BCUT2D eigenvalue weighted by molar-refractivity contribution is -0.128. The molecule has 0 aliphatic rings. The molecule has 0 spiro atoms. The molecule has 2 aromatic heterocycles. The molecule has 190 valence electrons. The van der Waals surface area contributed by atoms with Crippen LogP contribution in [0.2, 0.25) is 0 Å². The van der Waals surface area contributed by atoms with Crippen molar-refractivity contribution in [1.29, 1.82) is 0 Å². The van der Waals surface area contributed by atoms with Gasteiger partial charge in [-0.1, -0.05) is 12.8 Å². The molecule has 0 aliphatic heterocycles. The Morgan fingerprint density at radius 2 is 1.47 bits per heavy atom. The first kappa shape index (κ1) is 25.1. The number of nitrogens with one attached hydrogen (secondary N) is 4. The van der Waals surface area contributed by atoms with Crippen molar-refractivity contribution >= 4 is 33.6 Å². The van der Waals surface area contributed by atoms with Crippen molar-refractivity contribution in [2.75, 3.05) is 13.2 Å². The average molecular weight is 494 g/mol. The molecule has 9 heteroatoms. The van der Waals surface area contributed by atoms with Crippen LogP contribution >= 0.6 is 0 Å². The van der Waals surface area contributed by atoms with E-state index in [2.05, 4.69) is 20.6 Å². The van der Waals surface area contributed by atoms with E-state index in [1.165, 1.54) is 0 Å². The fourth-order valence-corrected chi connectivity index (χ4v) is 4.40. The molecule has 0 fully saturated rings. The molecule has 0 aliphatic carbocycles. The van der Waals surface area contributed by atoms with Gasteiger partial charge in [0.2, 0.25) is 11.8 Å². The van der Waals surface area contributed by atoms with E-state index in [-0.39, 0.29) is 42.8 Å². The summed E-state index contributed by atoms with van der Waals surface area (Å²) in [5, 5.41) is 27.0. The van der Waals surface area contributed by atoms with Gasteiger partial charge in [-0.3, -0.25) is 14.0 Å². The highest BCUT2D eigenvalue weighted by atomic mass is 18.2. The number of benzene rings is 2. The second kappa shape index (κ2) is 11.6. The van der Waals surface area contributed by atoms with Crippen molar-refractivity contribution < 1.29 is 24.2 Å². The van der Waals surface area contributed by atoms with Crippen molar-refractivity contribution in [2.24, 2.45) is 0 Å². The number of amides is 2. The van der Waals surface area contributed by atoms with Crippen molar-refractivity contribution in [2.45, 2.75) is 44.6 Å². The van der Waals surface area contributed by atoms with Gasteiger partial charge in [-0.05, 0) is 60.4 Å². The number of carbonyl (C=O) groups is 2. The molecule has 1 atom stereocenters. The number of halogens is 1. The third-order valence-corrected chi connectivity index (χ3v) is 6.29. The smallest absolute Gasteiger partial charge is 0.242 e. The van der Waals surface area contributed by atoms with Gasteiger partial charge < -0.3 is 30.8 Å². The van der Waals surface area contributed by atoms with Crippen LogP contribution in [0.15, 0.2) is 48.8 Å². The number of fused-ring (bicyclic) bond motifs is 2. The van der Waals surface area contributed by atoms with Crippen molar-refractivity contribution in [3.8, 4) is 11.5 Å². The Hall–Kier alpha value is -4.01. The summed E-state index contributed by atoms with van der Waals surface area (Å²) in [6.07, 6.45) is 6.59. The summed E-state index contributed by atoms with van der Waals surface area (Å²) in [6.45, 7) is 0.102. The fourth-order valence-electron chi connectivity index (χ4n) is 4.40. The Balaban J connectivity index is 1.47. The van der Waals surface area contributed by atoms with Gasteiger partial charge in [-0.15, -0.1) is 0 Å². The van der Waals surface area contributed by atoms with Crippen molar-refractivity contribution in [3.63, 3.8) is 0 Å². The molecule has 2 amide bonds. The predicted octanol–water partition coefficient (Wildman–Crippen LogP) is 3.98. The molecule has 0 radical (unpaired) electrons. The molecule has 2 heterocycles. The minimum atomic E-state index is -0.830. The Kier molecular flexibility index (Phi) is 8.10. The Bertz CT molecular complexity index is 1350. The van der Waals surface area contributed by atoms with E-state index in [9.17, 15) is 24.2 Å². The monoisotopic (exact) mass is 493 g/mol. The number of aromatic amines is 2. The third-order valence-electron chi connectivity index (χ3n) is 6.29. The number of hydrogen-bond acceptors (Lipinski definition) is 4. The molecular weight excluding hydrogens is 462 g/mol. The summed E-state index contributed by atoms with van der Waals surface area (Å²) in [5.74, 6) is -0.413. The summed E-state index contributed by atoms with van der Waals surface area (Å²) >= 11 is 0. The van der Waals surface area contributed by atoms with Gasteiger partial charge in [0.05, 0.1) is 13.1 Å². The molecule has 6 N–H and O–H groups in total. The largest absolute Gasteiger partial charge is 0.508 e. The summed E-state index contributed by atoms with van der Waals surface area (Å²) < 4.78 is 12.3. The number of alkyl halides is 1. The van der Waals surface area contributed by atoms with Crippen LogP contribution in [0.3, 0.4) is 0 Å². The van der Waals surface area contributed by atoms with Gasteiger partial charge in [-0.25, -0.2) is 0 Å². The second-order valence-electron chi connectivity index (χ2n) is 8.98. The van der Waals surface area contributed by atoms with Gasteiger partial charge in [0, 0.05) is 47.2 Å². The fraction of sp³-hybridized carbons (Fsp3) is 0.333. The van der Waals surface area contributed by atoms with Crippen LogP contribution in [0, 0.1) is 0 Å². The summed E-state index contributed by atoms with van der Waals surface area (Å²) in [6, 6.07) is 9.04. The lowest BCUT2D eigenvalue weighted by Crippen LogP contribution is -2.48. The zero-order chi connectivity index (χ0) is 25.5. The van der Waals surface area contributed by atoms with Crippen molar-refractivity contribution in [3.05, 3.63) is 59.9 Å². The average Bonchev–Trinajstić information content (AvgIpc) is 3.44. The Morgan fingerprint density at radius 1 is 0.861 bits per heavy atom. The summed E-state index contributed by atoms with van der Waals surface area (Å²) in [7, 11) is 0. The Labute approximate surface area is 207 Å². The number of aromatic nitrogens is 2. The van der Waals surface area contributed by atoms with E-state index in [1.807, 2.05) is 0 Å². The lowest BCUT2D eigenvalue weighted by atomic mass is 10.0. The topological polar surface area (TPSA) is 130 Å². The van der Waals surface area contributed by atoms with E-state index < -0.39 is 6.04 Å². The van der Waals surface area contributed by atoms with Crippen LogP contribution in [0.25, 0.3) is 21.8 Å². The highest BCUT2D eigenvalue weighted by Gasteiger charge is 2.23. The maximum absolute atomic E-state index is 13.1. The SMILES string of the molecule is O=C(Cc1c[nH]c2ccc(O)cc12)N[C@@H](Cc1c[nH]c2ccc(O)cc12)C(=O)NCCCCCC[18F]. The zero-order valence-corrected chi connectivity index (χ0v) is 19.9. The van der Waals surface area contributed by atoms with Gasteiger partial charge in [0.25, 0.3) is 0 Å². The van der Waals surface area contributed by atoms with Crippen LogP contribution in [0.1, 0.15) is 36.8 Å². The van der Waals surface area contributed by atoms with Gasteiger partial charge >= 0.3 is 0 Å². The first-order chi connectivity index (χ1) is 17.4. The molecule has 4 aromatic rings. The molecule has 2 aromatic carbocycles. The standard InChI is InChI=1S/C27H31FN4O4/c28-9-3-1-2-4-10-29-27(36)25(11-17-15-30-23-7-5-19(33)13-21(17)23)32-26(35)12-18-16-31-24-8-6-20(34)14-22(18)24/h5-8,13-16,25,30-31,33-34H,1-4,9-12H2,(H,29,36)(H,32,35)/t25-/m0/s1/i28-1. The molecule has 0 saturated heterocycles. The first-order valence-corrected chi connectivity index (χ1v) is 12.2. The lowest BCUT2D eigenvalue weighted by Gasteiger charge is -2.18. The number of phenolic OH excluding ortho intramolecular Hbond substituents is 2. The number of H-pyrrole nitrogens is 2. The number of carbonyl (C=O) groups excluding carboxylic acids is 2. The molecule has 8 nitrogen and oxygen atoms in total. The normalized spacial score (nSPS) is 12.1. The predicted molar refractivity (Wildman–Crippen MR) is 137 cm³/mol. The maximum atomic E-state index is 13.1. The van der Waals surface area contributed by atoms with Crippen LogP contribution in [-0.4, -0.2) is 51.3 Å². The summed E-state index contributed by atoms with van der Waals surface area (Å²) in [4.78, 5) is 32.3. The van der Waals surface area contributed by atoms with Gasteiger partial charge in [-0.2, -0.15) is 0 Å². The molecule has 4 rings (SSSR count). The summed E-state index contributed by atoms with van der Waals surface area (Å²) in [5.41, 5.74) is 3.12. The van der Waals surface area contributed by atoms with Crippen LogP contribution in [-0.2, 0) is 22.4 Å². The number of unbranched alkanes of at least 4 members (excludes halogenated alkanes) is 3. The van der Waals surface area contributed by atoms with E-state index in [0.717, 1.165) is 46.6 Å². The van der Waals surface area contributed by atoms with Crippen molar-refractivity contribution in [1.82, 2.24) is 20.6 Å². The van der Waals surface area contributed by atoms with Crippen LogP contribution < -0.4 is 10.6 Å². The van der Waals surface area contributed by atoms with Crippen LogP contribution in [0.5, 0.6) is 11.5 Å². The van der Waals surface area contributed by atoms with Gasteiger partial charge in [0.1, 0.15) is 17.5 Å². The quantitative estimate of drug-likeness (QED) is 0.167. The molecule has 0 bridgehead atoms. The number of hydrogen-bond donors (Lipinski definition) is 6. The minimum absolute atomic E-state index is 0.0329. The van der Waals surface area contributed by atoms with Crippen LogP contribution in [0.4, 0.5) is 4.39 Å². The molecule has 0 saturated carbocycles. The Morgan fingerprint density at radius 3 is 2.14 bits per heavy atom. The highest BCUT2D eigenvalue weighted by Crippen LogP contribution is 2.25. The second-order valence-corrected chi connectivity index (χ2v) is 8.98. The van der Waals surface area contributed by atoms with E-state index >= 15 is 0 Å². The number of rotatable bonds is 12.